The number of hydrogen-bond acceptors (Lipinski definition) is 6. The number of aromatic nitrogens is 1. The van der Waals surface area contributed by atoms with Gasteiger partial charge in [-0.25, -0.2) is 0 Å². The Morgan fingerprint density at radius 2 is 2.19 bits per heavy atom. The molecule has 1 aliphatic rings. The van der Waals surface area contributed by atoms with Crippen LogP contribution in [0.1, 0.15) is 42.7 Å². The maximum atomic E-state index is 12.2. The Bertz CT molecular complexity index is 969. The number of rotatable bonds is 7. The van der Waals surface area contributed by atoms with Gasteiger partial charge < -0.3 is 9.84 Å². The number of para-hydroxylation sites is 1. The maximum Gasteiger partial charge on any atom is 0.326 e. The molecule has 0 bridgehead atoms. The topological polar surface area (TPSA) is 80.9 Å². The van der Waals surface area contributed by atoms with E-state index in [-0.39, 0.29) is 12.4 Å². The Morgan fingerprint density at radius 3 is 2.93 bits per heavy atom. The lowest BCUT2D eigenvalue weighted by Crippen LogP contribution is -2.21. The zero-order valence-corrected chi connectivity index (χ0v) is 16.2. The SMILES string of the molecule is CCCCOC(=O)Cn1c(O)c(C=C2C=Nc3c(CC)cccc32)sc1=O. The van der Waals surface area contributed by atoms with Crippen LogP contribution in [0.15, 0.2) is 28.0 Å². The van der Waals surface area contributed by atoms with Gasteiger partial charge in [-0.15, -0.1) is 0 Å². The van der Waals surface area contributed by atoms with Crippen molar-refractivity contribution in [3.63, 3.8) is 0 Å². The highest BCUT2D eigenvalue weighted by Gasteiger charge is 2.19. The highest BCUT2D eigenvalue weighted by atomic mass is 32.1. The Hall–Kier alpha value is -2.67. The second-order valence-electron chi connectivity index (χ2n) is 6.24. The van der Waals surface area contributed by atoms with E-state index >= 15 is 0 Å². The summed E-state index contributed by atoms with van der Waals surface area (Å²) in [4.78, 5) is 28.5. The number of ether oxygens (including phenoxy) is 1. The predicted octanol–water partition coefficient (Wildman–Crippen LogP) is 3.78. The Balaban J connectivity index is 1.85. The maximum absolute atomic E-state index is 12.2. The van der Waals surface area contributed by atoms with Crippen LogP contribution in [0.25, 0.3) is 11.6 Å². The Morgan fingerprint density at radius 1 is 1.37 bits per heavy atom. The van der Waals surface area contributed by atoms with E-state index in [1.807, 2.05) is 25.1 Å². The van der Waals surface area contributed by atoms with E-state index in [1.54, 1.807) is 12.3 Å². The van der Waals surface area contributed by atoms with E-state index in [4.69, 9.17) is 4.74 Å². The number of unbranched alkanes of at least 4 members (excludes halogenated alkanes) is 1. The molecular weight excluding hydrogens is 364 g/mol. The second kappa shape index (κ2) is 8.35. The molecule has 27 heavy (non-hydrogen) atoms. The Labute approximate surface area is 161 Å². The minimum absolute atomic E-state index is 0.224. The largest absolute Gasteiger partial charge is 0.493 e. The van der Waals surface area contributed by atoms with Crippen molar-refractivity contribution < 1.29 is 14.6 Å². The molecule has 0 atom stereocenters. The first-order chi connectivity index (χ1) is 13.0. The summed E-state index contributed by atoms with van der Waals surface area (Å²) in [7, 11) is 0. The van der Waals surface area contributed by atoms with Crippen LogP contribution in [0.3, 0.4) is 0 Å². The first-order valence-corrected chi connectivity index (χ1v) is 9.83. The van der Waals surface area contributed by atoms with Crippen LogP contribution < -0.4 is 4.87 Å². The smallest absolute Gasteiger partial charge is 0.326 e. The number of benzene rings is 1. The van der Waals surface area contributed by atoms with Gasteiger partial charge in [-0.3, -0.25) is 19.1 Å². The minimum Gasteiger partial charge on any atom is -0.493 e. The van der Waals surface area contributed by atoms with Gasteiger partial charge in [0, 0.05) is 17.4 Å². The molecule has 0 spiro atoms. The number of aryl methyl sites for hydroxylation is 1. The summed E-state index contributed by atoms with van der Waals surface area (Å²) in [6.45, 7) is 4.10. The number of aliphatic imine (C=N–C) groups is 1. The number of allylic oxidation sites excluding steroid dienone is 1. The van der Waals surface area contributed by atoms with E-state index in [2.05, 4.69) is 11.9 Å². The summed E-state index contributed by atoms with van der Waals surface area (Å²) in [6, 6.07) is 5.98. The van der Waals surface area contributed by atoms with Crippen LogP contribution >= 0.6 is 11.3 Å². The van der Waals surface area contributed by atoms with Crippen LogP contribution in [0, 0.1) is 0 Å². The third-order valence-corrected chi connectivity index (χ3v) is 5.29. The molecule has 1 aromatic carbocycles. The van der Waals surface area contributed by atoms with Crippen molar-refractivity contribution in [3.05, 3.63) is 43.9 Å². The molecule has 1 aromatic heterocycles. The van der Waals surface area contributed by atoms with Gasteiger partial charge in [0.05, 0.1) is 17.2 Å². The van der Waals surface area contributed by atoms with Crippen LogP contribution in [-0.2, 0) is 22.5 Å². The van der Waals surface area contributed by atoms with Gasteiger partial charge in [-0.05, 0) is 24.5 Å². The molecule has 0 saturated heterocycles. The molecule has 142 valence electrons. The number of carbonyl (C=O) groups is 1. The van der Waals surface area contributed by atoms with Crippen molar-refractivity contribution in [2.24, 2.45) is 4.99 Å². The average Bonchev–Trinajstić information content (AvgIpc) is 3.18. The van der Waals surface area contributed by atoms with Crippen LogP contribution in [0.5, 0.6) is 5.88 Å². The van der Waals surface area contributed by atoms with E-state index < -0.39 is 10.8 Å². The van der Waals surface area contributed by atoms with E-state index in [0.717, 1.165) is 57.6 Å². The molecule has 0 saturated carbocycles. The van der Waals surface area contributed by atoms with Crippen molar-refractivity contribution in [1.29, 1.82) is 0 Å². The lowest BCUT2D eigenvalue weighted by Gasteiger charge is -2.05. The molecule has 0 fully saturated rings. The van der Waals surface area contributed by atoms with Crippen molar-refractivity contribution in [2.45, 2.75) is 39.7 Å². The lowest BCUT2D eigenvalue weighted by molar-refractivity contribution is -0.144. The van der Waals surface area contributed by atoms with Gasteiger partial charge >= 0.3 is 10.8 Å². The van der Waals surface area contributed by atoms with Crippen LogP contribution in [0.4, 0.5) is 5.69 Å². The zero-order valence-electron chi connectivity index (χ0n) is 15.4. The van der Waals surface area contributed by atoms with Crippen LogP contribution in [0.2, 0.25) is 0 Å². The molecule has 7 heteroatoms. The third-order valence-electron chi connectivity index (χ3n) is 4.37. The van der Waals surface area contributed by atoms with Crippen molar-refractivity contribution >= 4 is 40.9 Å². The molecule has 3 rings (SSSR count). The van der Waals surface area contributed by atoms with Crippen LogP contribution in [-0.4, -0.2) is 28.5 Å². The van der Waals surface area contributed by atoms with Gasteiger partial charge in [0.1, 0.15) is 6.54 Å². The number of nitrogens with zero attached hydrogens (tertiary/aromatic N) is 2. The van der Waals surface area contributed by atoms with Crippen molar-refractivity contribution in [1.82, 2.24) is 4.57 Å². The standard InChI is InChI=1S/C20H22N2O4S/c1-3-5-9-26-17(23)12-22-19(24)16(27-20(22)25)10-14-11-21-18-13(4-2)7-6-8-15(14)18/h6-8,10-11,24H,3-5,9,12H2,1-2H3. The second-order valence-corrected chi connectivity index (χ2v) is 7.23. The summed E-state index contributed by atoms with van der Waals surface area (Å²) in [6.07, 6.45) is 6.03. The molecule has 0 aliphatic carbocycles. The molecule has 6 nitrogen and oxygen atoms in total. The van der Waals surface area contributed by atoms with Crippen molar-refractivity contribution in [3.8, 4) is 5.88 Å². The number of esters is 1. The van der Waals surface area contributed by atoms with Gasteiger partial charge in [0.25, 0.3) is 0 Å². The van der Waals surface area contributed by atoms with Gasteiger partial charge in [-0.2, -0.15) is 0 Å². The number of aromatic hydroxyl groups is 1. The number of fused-ring (bicyclic) bond motifs is 1. The molecular formula is C20H22N2O4S. The predicted molar refractivity (Wildman–Crippen MR) is 108 cm³/mol. The molecule has 1 aliphatic heterocycles. The fraction of sp³-hybridized carbons (Fsp3) is 0.350. The Kier molecular flexibility index (Phi) is 5.91. The van der Waals surface area contributed by atoms with Crippen molar-refractivity contribution in [2.75, 3.05) is 6.61 Å². The number of thiazole rings is 1. The summed E-state index contributed by atoms with van der Waals surface area (Å²) < 4.78 is 6.11. The molecule has 2 aromatic rings. The lowest BCUT2D eigenvalue weighted by atomic mass is 10.0. The highest BCUT2D eigenvalue weighted by molar-refractivity contribution is 7.10. The first-order valence-electron chi connectivity index (χ1n) is 9.01. The summed E-state index contributed by atoms with van der Waals surface area (Å²) in [5, 5.41) is 10.4. The number of carbonyl (C=O) groups excluding carboxylic acids is 1. The molecule has 0 radical (unpaired) electrons. The summed E-state index contributed by atoms with van der Waals surface area (Å²) >= 11 is 0.894. The normalized spacial score (nSPS) is 13.9. The minimum atomic E-state index is -0.529. The molecule has 0 unspecified atom stereocenters. The monoisotopic (exact) mass is 386 g/mol. The fourth-order valence-corrected chi connectivity index (χ4v) is 3.71. The first kappa shape index (κ1) is 19.1. The molecule has 1 N–H and O–H groups in total. The third kappa shape index (κ3) is 4.03. The number of hydrogen-bond donors (Lipinski definition) is 1. The van der Waals surface area contributed by atoms with Gasteiger partial charge in [-0.1, -0.05) is 49.8 Å². The van der Waals surface area contributed by atoms with E-state index in [0.29, 0.717) is 11.5 Å². The highest BCUT2D eigenvalue weighted by Crippen LogP contribution is 2.37. The van der Waals surface area contributed by atoms with Gasteiger partial charge in [0.2, 0.25) is 5.88 Å². The quantitative estimate of drug-likeness (QED) is 0.580. The molecule has 2 heterocycles. The fourth-order valence-electron chi connectivity index (χ4n) is 2.87. The zero-order chi connectivity index (χ0) is 19.4. The van der Waals surface area contributed by atoms with E-state index in [1.165, 1.54) is 0 Å². The summed E-state index contributed by atoms with van der Waals surface area (Å²) in [5.41, 5.74) is 3.88. The van der Waals surface area contributed by atoms with E-state index in [9.17, 15) is 14.7 Å². The average molecular weight is 386 g/mol. The summed E-state index contributed by atoms with van der Waals surface area (Å²) in [5.74, 6) is -0.753. The molecule has 0 amide bonds. The van der Waals surface area contributed by atoms with Gasteiger partial charge in [0.15, 0.2) is 0 Å².